The number of aromatic nitrogens is 1. The van der Waals surface area contributed by atoms with Gasteiger partial charge in [0.05, 0.1) is 12.3 Å². The molecule has 112 valence electrons. The first-order valence-electron chi connectivity index (χ1n) is 7.74. The highest BCUT2D eigenvalue weighted by Gasteiger charge is 2.16. The molecule has 1 N–H and O–H groups in total. The van der Waals surface area contributed by atoms with E-state index in [9.17, 15) is 0 Å². The second-order valence-electron chi connectivity index (χ2n) is 5.72. The highest BCUT2D eigenvalue weighted by Crippen LogP contribution is 2.15. The van der Waals surface area contributed by atoms with Crippen molar-refractivity contribution in [2.75, 3.05) is 38.7 Å². The van der Waals surface area contributed by atoms with Gasteiger partial charge < -0.3 is 15.0 Å². The Bertz CT molecular complexity index is 391. The number of nitrogens with zero attached hydrogens (tertiary/aromatic N) is 2. The molecule has 0 spiro atoms. The van der Waals surface area contributed by atoms with Gasteiger partial charge in [-0.2, -0.15) is 0 Å². The Morgan fingerprint density at radius 2 is 2.35 bits per heavy atom. The average Bonchev–Trinajstić information content (AvgIpc) is 2.46. The van der Waals surface area contributed by atoms with Gasteiger partial charge in [0.2, 0.25) is 0 Å². The SMILES string of the molecule is CCCNc1cccc(CN(C)CC2CCCOC2)n1. The summed E-state index contributed by atoms with van der Waals surface area (Å²) >= 11 is 0. The molecule has 2 heterocycles. The molecule has 1 unspecified atom stereocenters. The zero-order chi connectivity index (χ0) is 14.2. The molecule has 0 saturated carbocycles. The number of ether oxygens (including phenoxy) is 1. The molecule has 0 aromatic carbocycles. The van der Waals surface area contributed by atoms with Crippen LogP contribution in [0.25, 0.3) is 0 Å². The van der Waals surface area contributed by atoms with Crippen molar-refractivity contribution in [2.45, 2.75) is 32.7 Å². The first kappa shape index (κ1) is 15.3. The zero-order valence-corrected chi connectivity index (χ0v) is 12.8. The lowest BCUT2D eigenvalue weighted by Crippen LogP contribution is -2.30. The summed E-state index contributed by atoms with van der Waals surface area (Å²) in [7, 11) is 2.17. The van der Waals surface area contributed by atoms with Gasteiger partial charge in [0.15, 0.2) is 0 Å². The Labute approximate surface area is 122 Å². The number of nitrogens with one attached hydrogen (secondary N) is 1. The molecular weight excluding hydrogens is 250 g/mol. The van der Waals surface area contributed by atoms with Crippen LogP contribution in [0.4, 0.5) is 5.82 Å². The first-order valence-corrected chi connectivity index (χ1v) is 7.74. The number of rotatable bonds is 7. The summed E-state index contributed by atoms with van der Waals surface area (Å²) in [6.45, 7) is 6.98. The third kappa shape index (κ3) is 5.10. The molecular formula is C16H27N3O. The minimum Gasteiger partial charge on any atom is -0.381 e. The van der Waals surface area contributed by atoms with E-state index >= 15 is 0 Å². The summed E-state index contributed by atoms with van der Waals surface area (Å²) in [4.78, 5) is 7.01. The van der Waals surface area contributed by atoms with Crippen molar-refractivity contribution in [1.82, 2.24) is 9.88 Å². The summed E-state index contributed by atoms with van der Waals surface area (Å²) in [5.41, 5.74) is 1.13. The molecule has 2 rings (SSSR count). The van der Waals surface area contributed by atoms with Crippen molar-refractivity contribution < 1.29 is 4.74 Å². The Morgan fingerprint density at radius 3 is 3.10 bits per heavy atom. The molecule has 1 atom stereocenters. The Kier molecular flexibility index (Phi) is 6.27. The highest BCUT2D eigenvalue weighted by molar-refractivity contribution is 5.35. The van der Waals surface area contributed by atoms with E-state index in [0.717, 1.165) is 50.8 Å². The first-order chi connectivity index (χ1) is 9.78. The van der Waals surface area contributed by atoms with Gasteiger partial charge in [-0.25, -0.2) is 4.98 Å². The maximum atomic E-state index is 5.54. The standard InChI is InChI=1S/C16H27N3O/c1-3-9-17-16-8-4-7-15(18-16)12-19(2)11-14-6-5-10-20-13-14/h4,7-8,14H,3,5-6,9-13H2,1-2H3,(H,17,18). The summed E-state index contributed by atoms with van der Waals surface area (Å²) < 4.78 is 5.54. The predicted molar refractivity (Wildman–Crippen MR) is 82.9 cm³/mol. The topological polar surface area (TPSA) is 37.4 Å². The normalized spacial score (nSPS) is 19.2. The fourth-order valence-electron chi connectivity index (χ4n) is 2.65. The highest BCUT2D eigenvalue weighted by atomic mass is 16.5. The number of anilines is 1. The molecule has 1 aliphatic rings. The van der Waals surface area contributed by atoms with E-state index in [2.05, 4.69) is 41.3 Å². The smallest absolute Gasteiger partial charge is 0.126 e. The van der Waals surface area contributed by atoms with Crippen LogP contribution < -0.4 is 5.32 Å². The third-order valence-corrected chi connectivity index (χ3v) is 3.62. The number of pyridine rings is 1. The molecule has 4 heteroatoms. The van der Waals surface area contributed by atoms with Crippen LogP contribution >= 0.6 is 0 Å². The predicted octanol–water partition coefficient (Wildman–Crippen LogP) is 2.76. The average molecular weight is 277 g/mol. The van der Waals surface area contributed by atoms with Crippen LogP contribution in [0.2, 0.25) is 0 Å². The molecule has 1 aromatic rings. The van der Waals surface area contributed by atoms with Gasteiger partial charge in [-0.05, 0) is 44.4 Å². The van der Waals surface area contributed by atoms with E-state index in [1.807, 2.05) is 6.07 Å². The van der Waals surface area contributed by atoms with Crippen molar-refractivity contribution in [1.29, 1.82) is 0 Å². The summed E-state index contributed by atoms with van der Waals surface area (Å²) in [6.07, 6.45) is 3.61. The van der Waals surface area contributed by atoms with Gasteiger partial charge in [0.25, 0.3) is 0 Å². The van der Waals surface area contributed by atoms with Gasteiger partial charge in [0.1, 0.15) is 5.82 Å². The van der Waals surface area contributed by atoms with Crippen LogP contribution in [0.3, 0.4) is 0 Å². The van der Waals surface area contributed by atoms with Crippen molar-refractivity contribution in [3.8, 4) is 0 Å². The van der Waals surface area contributed by atoms with Crippen LogP contribution in [-0.4, -0.2) is 43.2 Å². The van der Waals surface area contributed by atoms with Crippen molar-refractivity contribution in [3.63, 3.8) is 0 Å². The molecule has 1 aromatic heterocycles. The van der Waals surface area contributed by atoms with Crippen LogP contribution in [0.5, 0.6) is 0 Å². The van der Waals surface area contributed by atoms with Crippen molar-refractivity contribution >= 4 is 5.82 Å². The molecule has 1 saturated heterocycles. The van der Waals surface area contributed by atoms with E-state index in [0.29, 0.717) is 5.92 Å². The van der Waals surface area contributed by atoms with E-state index in [1.54, 1.807) is 0 Å². The summed E-state index contributed by atoms with van der Waals surface area (Å²) in [6, 6.07) is 6.22. The van der Waals surface area contributed by atoms with E-state index < -0.39 is 0 Å². The van der Waals surface area contributed by atoms with Crippen LogP contribution in [-0.2, 0) is 11.3 Å². The maximum Gasteiger partial charge on any atom is 0.126 e. The third-order valence-electron chi connectivity index (χ3n) is 3.62. The molecule has 4 nitrogen and oxygen atoms in total. The molecule has 0 amide bonds. The Hall–Kier alpha value is -1.13. The van der Waals surface area contributed by atoms with Crippen LogP contribution in [0.15, 0.2) is 18.2 Å². The molecule has 1 aliphatic heterocycles. The zero-order valence-electron chi connectivity index (χ0n) is 12.8. The fraction of sp³-hybridized carbons (Fsp3) is 0.688. The van der Waals surface area contributed by atoms with Gasteiger partial charge in [0, 0.05) is 26.2 Å². The van der Waals surface area contributed by atoms with E-state index in [1.165, 1.54) is 12.8 Å². The molecule has 1 fully saturated rings. The lowest BCUT2D eigenvalue weighted by Gasteiger charge is -2.26. The minimum absolute atomic E-state index is 0.676. The Morgan fingerprint density at radius 1 is 1.45 bits per heavy atom. The lowest BCUT2D eigenvalue weighted by molar-refractivity contribution is 0.0410. The number of hydrogen-bond acceptors (Lipinski definition) is 4. The summed E-state index contributed by atoms with van der Waals surface area (Å²) in [5, 5.41) is 3.34. The maximum absolute atomic E-state index is 5.54. The lowest BCUT2D eigenvalue weighted by atomic mass is 10.0. The van der Waals surface area contributed by atoms with E-state index in [-0.39, 0.29) is 0 Å². The minimum atomic E-state index is 0.676. The van der Waals surface area contributed by atoms with Gasteiger partial charge >= 0.3 is 0 Å². The molecule has 0 radical (unpaired) electrons. The van der Waals surface area contributed by atoms with Gasteiger partial charge in [-0.1, -0.05) is 13.0 Å². The van der Waals surface area contributed by atoms with Crippen LogP contribution in [0.1, 0.15) is 31.9 Å². The largest absolute Gasteiger partial charge is 0.381 e. The second kappa shape index (κ2) is 8.22. The van der Waals surface area contributed by atoms with Gasteiger partial charge in [-0.15, -0.1) is 0 Å². The summed E-state index contributed by atoms with van der Waals surface area (Å²) in [5.74, 6) is 1.66. The van der Waals surface area contributed by atoms with E-state index in [4.69, 9.17) is 4.74 Å². The fourth-order valence-corrected chi connectivity index (χ4v) is 2.65. The van der Waals surface area contributed by atoms with Gasteiger partial charge in [-0.3, -0.25) is 0 Å². The monoisotopic (exact) mass is 277 g/mol. The molecule has 0 aliphatic carbocycles. The molecule has 20 heavy (non-hydrogen) atoms. The van der Waals surface area contributed by atoms with Crippen molar-refractivity contribution in [2.24, 2.45) is 5.92 Å². The second-order valence-corrected chi connectivity index (χ2v) is 5.72. The number of hydrogen-bond donors (Lipinski definition) is 1. The van der Waals surface area contributed by atoms with Crippen LogP contribution in [0, 0.1) is 5.92 Å². The Balaban J connectivity index is 1.81. The van der Waals surface area contributed by atoms with Crippen molar-refractivity contribution in [3.05, 3.63) is 23.9 Å². The molecule has 0 bridgehead atoms. The quantitative estimate of drug-likeness (QED) is 0.831.